The van der Waals surface area contributed by atoms with Crippen LogP contribution in [0.3, 0.4) is 0 Å². The van der Waals surface area contributed by atoms with Gasteiger partial charge in [0.1, 0.15) is 11.6 Å². The second-order valence-electron chi connectivity index (χ2n) is 7.56. The zero-order valence-corrected chi connectivity index (χ0v) is 18.5. The Kier molecular flexibility index (Phi) is 6.52. The molecule has 1 amide bonds. The van der Waals surface area contributed by atoms with Crippen LogP contribution < -0.4 is 9.91 Å². The minimum absolute atomic E-state index is 0.290. The quantitative estimate of drug-likeness (QED) is 0.537. The van der Waals surface area contributed by atoms with Crippen LogP contribution in [-0.4, -0.2) is 56.0 Å². The molecule has 1 fully saturated rings. The molecule has 0 spiro atoms. The summed E-state index contributed by atoms with van der Waals surface area (Å²) in [5.41, 5.74) is 3.15. The van der Waals surface area contributed by atoms with Gasteiger partial charge < -0.3 is 14.5 Å². The first-order valence-corrected chi connectivity index (χ1v) is 11.0. The number of carbonyl (C=O) groups excluding carboxylic acids is 1. The number of amides is 1. The maximum absolute atomic E-state index is 13.5. The number of benzene rings is 2. The van der Waals surface area contributed by atoms with Crippen molar-refractivity contribution in [2.45, 2.75) is 13.8 Å². The molecule has 2 heterocycles. The molecule has 0 bridgehead atoms. The molecule has 7 nitrogen and oxygen atoms in total. The molecule has 0 radical (unpaired) electrons. The summed E-state index contributed by atoms with van der Waals surface area (Å²) in [4.78, 5) is 17.8. The Hall–Kier alpha value is -3.63. The summed E-state index contributed by atoms with van der Waals surface area (Å²) in [7, 11) is 0. The molecule has 2 aliphatic rings. The van der Waals surface area contributed by atoms with E-state index in [4.69, 9.17) is 4.74 Å². The Morgan fingerprint density at radius 1 is 1.06 bits per heavy atom. The molecule has 2 aromatic rings. The summed E-state index contributed by atoms with van der Waals surface area (Å²) in [6, 6.07) is 19.4. The Morgan fingerprint density at radius 3 is 2.31 bits per heavy atom. The number of ether oxygens (including phenoxy) is 1. The SMILES string of the molecule is CCN(CC)c1ccc(/C(C#N)=C2/C(=O)N(c3ccccc3)N=C2N2CCOCC2)cc1. The fourth-order valence-electron chi connectivity index (χ4n) is 4.04. The predicted octanol–water partition coefficient (Wildman–Crippen LogP) is 3.50. The number of rotatable bonds is 5. The largest absolute Gasteiger partial charge is 0.378 e. The zero-order valence-electron chi connectivity index (χ0n) is 18.5. The second-order valence-corrected chi connectivity index (χ2v) is 7.56. The van der Waals surface area contributed by atoms with Crippen LogP contribution in [0.4, 0.5) is 11.4 Å². The highest BCUT2D eigenvalue weighted by Gasteiger charge is 2.37. The monoisotopic (exact) mass is 429 g/mol. The number of hydrazone groups is 1. The number of hydrogen-bond acceptors (Lipinski definition) is 6. The van der Waals surface area contributed by atoms with E-state index < -0.39 is 0 Å². The number of nitrogens with zero attached hydrogens (tertiary/aromatic N) is 5. The second kappa shape index (κ2) is 9.67. The molecule has 0 saturated carbocycles. The first kappa shape index (κ1) is 21.6. The minimum Gasteiger partial charge on any atom is -0.378 e. The summed E-state index contributed by atoms with van der Waals surface area (Å²) < 4.78 is 5.48. The van der Waals surface area contributed by atoms with E-state index in [1.54, 1.807) is 0 Å². The standard InChI is InChI=1S/C25H27N5O2/c1-3-28(4-2)20-12-10-19(11-13-20)22(18-26)23-24(29-14-16-32-17-15-29)27-30(25(23)31)21-8-6-5-7-9-21/h5-13H,3-4,14-17H2,1-2H3/b23-22+. The molecule has 0 unspecified atom stereocenters. The molecule has 32 heavy (non-hydrogen) atoms. The Bertz CT molecular complexity index is 1060. The lowest BCUT2D eigenvalue weighted by Crippen LogP contribution is -2.41. The van der Waals surface area contributed by atoms with Crippen LogP contribution in [0.15, 0.2) is 65.3 Å². The van der Waals surface area contributed by atoms with Crippen molar-refractivity contribution in [1.82, 2.24) is 4.90 Å². The van der Waals surface area contributed by atoms with Crippen LogP contribution in [0.2, 0.25) is 0 Å². The van der Waals surface area contributed by atoms with E-state index in [-0.39, 0.29) is 5.91 Å². The molecule has 0 aliphatic carbocycles. The van der Waals surface area contributed by atoms with Crippen molar-refractivity contribution in [3.05, 3.63) is 65.7 Å². The van der Waals surface area contributed by atoms with Crippen molar-refractivity contribution in [1.29, 1.82) is 5.26 Å². The smallest absolute Gasteiger partial charge is 0.283 e. The van der Waals surface area contributed by atoms with Gasteiger partial charge in [0, 0.05) is 31.9 Å². The van der Waals surface area contributed by atoms with Crippen molar-refractivity contribution in [2.24, 2.45) is 5.10 Å². The van der Waals surface area contributed by atoms with E-state index in [1.165, 1.54) is 5.01 Å². The summed E-state index contributed by atoms with van der Waals surface area (Å²) in [5.74, 6) is 0.244. The molecule has 0 atom stereocenters. The molecule has 0 aromatic heterocycles. The predicted molar refractivity (Wildman–Crippen MR) is 126 cm³/mol. The molecule has 4 rings (SSSR count). The van der Waals surface area contributed by atoms with Gasteiger partial charge in [-0.05, 0) is 43.7 Å². The molecular formula is C25H27N5O2. The average Bonchev–Trinajstić information content (AvgIpc) is 3.19. The summed E-state index contributed by atoms with van der Waals surface area (Å²) in [6.07, 6.45) is 0. The van der Waals surface area contributed by atoms with Crippen molar-refractivity contribution >= 4 is 28.7 Å². The van der Waals surface area contributed by atoms with E-state index in [2.05, 4.69) is 29.9 Å². The van der Waals surface area contributed by atoms with Gasteiger partial charge in [-0.2, -0.15) is 10.3 Å². The van der Waals surface area contributed by atoms with Crippen LogP contribution in [0.1, 0.15) is 19.4 Å². The van der Waals surface area contributed by atoms with E-state index in [0.717, 1.165) is 18.8 Å². The van der Waals surface area contributed by atoms with Gasteiger partial charge in [0.2, 0.25) is 0 Å². The molecule has 7 heteroatoms. The van der Waals surface area contributed by atoms with Crippen molar-refractivity contribution in [3.63, 3.8) is 0 Å². The van der Waals surface area contributed by atoms with E-state index >= 15 is 0 Å². The normalized spacial score (nSPS) is 17.8. The average molecular weight is 430 g/mol. The van der Waals surface area contributed by atoms with Crippen LogP contribution in [0.25, 0.3) is 5.57 Å². The maximum atomic E-state index is 13.5. The molecule has 164 valence electrons. The van der Waals surface area contributed by atoms with Gasteiger partial charge in [-0.1, -0.05) is 30.3 Å². The number of hydrogen-bond donors (Lipinski definition) is 0. The van der Waals surface area contributed by atoms with Gasteiger partial charge in [-0.3, -0.25) is 4.79 Å². The third-order valence-electron chi connectivity index (χ3n) is 5.78. The third kappa shape index (κ3) is 4.10. The van der Waals surface area contributed by atoms with Crippen LogP contribution in [0.5, 0.6) is 0 Å². The summed E-state index contributed by atoms with van der Waals surface area (Å²) >= 11 is 0. The van der Waals surface area contributed by atoms with Gasteiger partial charge in [0.05, 0.1) is 24.5 Å². The van der Waals surface area contributed by atoms with Crippen LogP contribution >= 0.6 is 0 Å². The molecule has 2 aliphatic heterocycles. The number of para-hydroxylation sites is 1. The maximum Gasteiger partial charge on any atom is 0.283 e. The number of morpholine rings is 1. The first-order chi connectivity index (χ1) is 15.7. The highest BCUT2D eigenvalue weighted by molar-refractivity contribution is 6.34. The fourth-order valence-corrected chi connectivity index (χ4v) is 4.04. The highest BCUT2D eigenvalue weighted by Crippen LogP contribution is 2.31. The number of anilines is 2. The molecule has 0 N–H and O–H groups in total. The Balaban J connectivity index is 1.79. The topological polar surface area (TPSA) is 72.2 Å². The van der Waals surface area contributed by atoms with Crippen LogP contribution in [-0.2, 0) is 9.53 Å². The molecule has 1 saturated heterocycles. The summed E-state index contributed by atoms with van der Waals surface area (Å²) in [6.45, 7) is 8.40. The van der Waals surface area contributed by atoms with Gasteiger partial charge in [0.15, 0.2) is 5.84 Å². The number of allylic oxidation sites excluding steroid dienone is 1. The van der Waals surface area contributed by atoms with E-state index in [0.29, 0.717) is 54.5 Å². The zero-order chi connectivity index (χ0) is 22.5. The van der Waals surface area contributed by atoms with Gasteiger partial charge in [-0.25, -0.2) is 0 Å². The summed E-state index contributed by atoms with van der Waals surface area (Å²) in [5, 5.41) is 16.2. The van der Waals surface area contributed by atoms with Crippen LogP contribution in [0, 0.1) is 11.3 Å². The number of carbonyl (C=O) groups is 1. The van der Waals surface area contributed by atoms with Crippen molar-refractivity contribution < 1.29 is 9.53 Å². The van der Waals surface area contributed by atoms with Gasteiger partial charge in [0.25, 0.3) is 5.91 Å². The lowest BCUT2D eigenvalue weighted by molar-refractivity contribution is -0.114. The van der Waals surface area contributed by atoms with E-state index in [1.807, 2.05) is 59.5 Å². The number of nitriles is 1. The highest BCUT2D eigenvalue weighted by atomic mass is 16.5. The Morgan fingerprint density at radius 2 is 1.72 bits per heavy atom. The van der Waals surface area contributed by atoms with Crippen molar-refractivity contribution in [2.75, 3.05) is 49.3 Å². The minimum atomic E-state index is -0.290. The lowest BCUT2D eigenvalue weighted by atomic mass is 9.98. The molecule has 2 aromatic carbocycles. The fraction of sp³-hybridized carbons (Fsp3) is 0.320. The lowest BCUT2D eigenvalue weighted by Gasteiger charge is -2.28. The number of amidine groups is 1. The van der Waals surface area contributed by atoms with Gasteiger partial charge in [-0.15, -0.1) is 5.10 Å². The Labute approximate surface area is 188 Å². The third-order valence-corrected chi connectivity index (χ3v) is 5.78. The van der Waals surface area contributed by atoms with E-state index in [9.17, 15) is 10.1 Å². The first-order valence-electron chi connectivity index (χ1n) is 11.0. The van der Waals surface area contributed by atoms with Crippen molar-refractivity contribution in [3.8, 4) is 6.07 Å². The van der Waals surface area contributed by atoms with Gasteiger partial charge >= 0.3 is 0 Å². The molecular weight excluding hydrogens is 402 g/mol.